The van der Waals surface area contributed by atoms with Crippen molar-refractivity contribution < 1.29 is 9.90 Å². The molecule has 0 saturated heterocycles. The van der Waals surface area contributed by atoms with Crippen LogP contribution < -0.4 is 5.32 Å². The minimum Gasteiger partial charge on any atom is -0.396 e. The molecule has 21 heavy (non-hydrogen) atoms. The van der Waals surface area contributed by atoms with Crippen LogP contribution in [0.5, 0.6) is 0 Å². The molecule has 112 valence electrons. The van der Waals surface area contributed by atoms with Crippen molar-refractivity contribution in [3.05, 3.63) is 23.0 Å². The Bertz CT molecular complexity index is 672. The highest BCUT2D eigenvalue weighted by Gasteiger charge is 2.42. The number of aryl methyl sites for hydroxylation is 2. The Labute approximate surface area is 126 Å². The molecule has 0 unspecified atom stereocenters. The van der Waals surface area contributed by atoms with Crippen molar-refractivity contribution in [3.8, 4) is 10.6 Å². The molecule has 0 atom stereocenters. The number of rotatable bonds is 5. The van der Waals surface area contributed by atoms with Crippen LogP contribution in [0, 0.1) is 12.3 Å². The molecule has 2 aromatic rings. The van der Waals surface area contributed by atoms with Gasteiger partial charge in [-0.1, -0.05) is 0 Å². The van der Waals surface area contributed by atoms with Crippen LogP contribution in [0.25, 0.3) is 10.6 Å². The number of aliphatic hydroxyl groups excluding tert-OH is 1. The molecule has 0 aromatic carbocycles. The Kier molecular flexibility index (Phi) is 3.54. The van der Waals surface area contributed by atoms with E-state index < -0.39 is 0 Å². The van der Waals surface area contributed by atoms with Gasteiger partial charge in [0.15, 0.2) is 0 Å². The molecule has 1 fully saturated rings. The molecule has 1 aliphatic rings. The number of nitrogens with zero attached hydrogens (tertiary/aromatic N) is 3. The summed E-state index contributed by atoms with van der Waals surface area (Å²) >= 11 is 1.37. The first kappa shape index (κ1) is 14.2. The number of thiazole rings is 1. The van der Waals surface area contributed by atoms with Gasteiger partial charge >= 0.3 is 0 Å². The van der Waals surface area contributed by atoms with Gasteiger partial charge in [0.1, 0.15) is 9.88 Å². The van der Waals surface area contributed by atoms with Crippen molar-refractivity contribution in [2.45, 2.75) is 19.8 Å². The third kappa shape index (κ3) is 2.84. The third-order valence-corrected chi connectivity index (χ3v) is 5.08. The van der Waals surface area contributed by atoms with Crippen LogP contribution in [0.3, 0.4) is 0 Å². The van der Waals surface area contributed by atoms with E-state index in [1.807, 2.05) is 20.2 Å². The quantitative estimate of drug-likeness (QED) is 0.874. The molecular formula is C14H18N4O2S. The molecule has 0 radical (unpaired) electrons. The lowest BCUT2D eigenvalue weighted by Gasteiger charge is -2.11. The fourth-order valence-corrected chi connectivity index (χ4v) is 3.14. The van der Waals surface area contributed by atoms with Crippen LogP contribution in [0.15, 0.2) is 12.4 Å². The molecule has 1 saturated carbocycles. The number of aromatic nitrogens is 3. The maximum atomic E-state index is 12.3. The number of nitrogens with one attached hydrogen (secondary N) is 1. The Morgan fingerprint density at radius 2 is 2.33 bits per heavy atom. The number of carbonyl (C=O) groups excluding carboxylic acids is 1. The average molecular weight is 306 g/mol. The molecule has 1 amide bonds. The molecular weight excluding hydrogens is 288 g/mol. The lowest BCUT2D eigenvalue weighted by Crippen LogP contribution is -2.31. The van der Waals surface area contributed by atoms with Crippen molar-refractivity contribution >= 4 is 17.2 Å². The maximum Gasteiger partial charge on any atom is 0.263 e. The summed E-state index contributed by atoms with van der Waals surface area (Å²) in [7, 11) is 1.85. The summed E-state index contributed by atoms with van der Waals surface area (Å²) in [5, 5.41) is 17.1. The smallest absolute Gasteiger partial charge is 0.263 e. The number of amides is 1. The maximum absolute atomic E-state index is 12.3. The van der Waals surface area contributed by atoms with Gasteiger partial charge in [0, 0.05) is 30.8 Å². The average Bonchev–Trinajstić information content (AvgIpc) is 2.96. The zero-order chi connectivity index (χ0) is 15.0. The fourth-order valence-electron chi connectivity index (χ4n) is 2.18. The predicted octanol–water partition coefficient (Wildman–Crippen LogP) is 1.35. The predicted molar refractivity (Wildman–Crippen MR) is 80.1 cm³/mol. The van der Waals surface area contributed by atoms with Gasteiger partial charge in [-0.15, -0.1) is 11.3 Å². The summed E-state index contributed by atoms with van der Waals surface area (Å²) in [6.45, 7) is 2.50. The molecule has 0 aliphatic heterocycles. The molecule has 0 bridgehead atoms. The standard InChI is InChI=1S/C14H18N4O2S/c1-9-11(12(20)15-7-14(8-19)3-4-14)21-13(17-9)10-5-16-18(2)6-10/h5-6,19H,3-4,7-8H2,1-2H3,(H,15,20). The third-order valence-electron chi connectivity index (χ3n) is 3.87. The zero-order valence-electron chi connectivity index (χ0n) is 12.1. The van der Waals surface area contributed by atoms with Crippen molar-refractivity contribution in [1.82, 2.24) is 20.1 Å². The van der Waals surface area contributed by atoms with Crippen LogP contribution in [-0.2, 0) is 7.05 Å². The summed E-state index contributed by atoms with van der Waals surface area (Å²) in [6.07, 6.45) is 5.58. The van der Waals surface area contributed by atoms with Gasteiger partial charge in [0.25, 0.3) is 5.91 Å². The lowest BCUT2D eigenvalue weighted by molar-refractivity contribution is 0.0938. The van der Waals surface area contributed by atoms with E-state index in [9.17, 15) is 9.90 Å². The van der Waals surface area contributed by atoms with E-state index in [2.05, 4.69) is 15.4 Å². The van der Waals surface area contributed by atoms with Crippen LogP contribution in [0.4, 0.5) is 0 Å². The van der Waals surface area contributed by atoms with E-state index in [1.165, 1.54) is 11.3 Å². The molecule has 0 spiro atoms. The number of hydrogen-bond acceptors (Lipinski definition) is 5. The minimum absolute atomic E-state index is 0.0829. The lowest BCUT2D eigenvalue weighted by atomic mass is 10.1. The molecule has 6 nitrogen and oxygen atoms in total. The number of aliphatic hydroxyl groups is 1. The van der Waals surface area contributed by atoms with E-state index in [0.29, 0.717) is 11.4 Å². The first-order valence-electron chi connectivity index (χ1n) is 6.88. The van der Waals surface area contributed by atoms with Crippen molar-refractivity contribution in [2.24, 2.45) is 12.5 Å². The minimum atomic E-state index is -0.111. The van der Waals surface area contributed by atoms with Crippen molar-refractivity contribution in [3.63, 3.8) is 0 Å². The Hall–Kier alpha value is -1.73. The summed E-state index contributed by atoms with van der Waals surface area (Å²) in [6, 6.07) is 0. The fraction of sp³-hybridized carbons (Fsp3) is 0.500. The summed E-state index contributed by atoms with van der Waals surface area (Å²) < 4.78 is 1.71. The van der Waals surface area contributed by atoms with Crippen molar-refractivity contribution in [1.29, 1.82) is 0 Å². The first-order valence-corrected chi connectivity index (χ1v) is 7.70. The topological polar surface area (TPSA) is 80.0 Å². The largest absolute Gasteiger partial charge is 0.396 e. The second kappa shape index (κ2) is 5.23. The van der Waals surface area contributed by atoms with Gasteiger partial charge in [-0.2, -0.15) is 5.10 Å². The normalized spacial score (nSPS) is 16.0. The highest BCUT2D eigenvalue weighted by molar-refractivity contribution is 7.17. The van der Waals surface area contributed by atoms with Gasteiger partial charge in [-0.05, 0) is 19.8 Å². The first-order chi connectivity index (χ1) is 10.0. The Morgan fingerprint density at radius 3 is 2.90 bits per heavy atom. The van der Waals surface area contributed by atoms with Crippen LogP contribution in [-0.4, -0.2) is 38.9 Å². The van der Waals surface area contributed by atoms with Gasteiger partial charge in [-0.25, -0.2) is 4.98 Å². The SMILES string of the molecule is Cc1nc(-c2cnn(C)c2)sc1C(=O)NCC1(CO)CC1. The number of hydrogen-bond donors (Lipinski definition) is 2. The molecule has 1 aliphatic carbocycles. The number of carbonyl (C=O) groups is 1. The highest BCUT2D eigenvalue weighted by atomic mass is 32.1. The van der Waals surface area contributed by atoms with Gasteiger partial charge in [-0.3, -0.25) is 9.48 Å². The van der Waals surface area contributed by atoms with E-state index in [4.69, 9.17) is 0 Å². The van der Waals surface area contributed by atoms with Crippen LogP contribution >= 0.6 is 11.3 Å². The van der Waals surface area contributed by atoms with Gasteiger partial charge in [0.05, 0.1) is 18.5 Å². The highest BCUT2D eigenvalue weighted by Crippen LogP contribution is 2.44. The molecule has 7 heteroatoms. The molecule has 2 N–H and O–H groups in total. The Balaban J connectivity index is 1.73. The summed E-state index contributed by atoms with van der Waals surface area (Å²) in [5.74, 6) is -0.111. The van der Waals surface area contributed by atoms with Gasteiger partial charge in [0.2, 0.25) is 0 Å². The molecule has 2 aromatic heterocycles. The second-order valence-corrected chi connectivity index (χ2v) is 6.68. The van der Waals surface area contributed by atoms with Crippen LogP contribution in [0.1, 0.15) is 28.2 Å². The molecule has 3 rings (SSSR count). The Morgan fingerprint density at radius 1 is 1.57 bits per heavy atom. The monoisotopic (exact) mass is 306 g/mol. The van der Waals surface area contributed by atoms with E-state index in [1.54, 1.807) is 10.9 Å². The zero-order valence-corrected chi connectivity index (χ0v) is 12.9. The van der Waals surface area contributed by atoms with E-state index in [-0.39, 0.29) is 17.9 Å². The van der Waals surface area contributed by atoms with Crippen LogP contribution in [0.2, 0.25) is 0 Å². The van der Waals surface area contributed by atoms with Gasteiger partial charge < -0.3 is 10.4 Å². The second-order valence-electron chi connectivity index (χ2n) is 5.68. The van der Waals surface area contributed by atoms with E-state index in [0.717, 1.165) is 29.1 Å². The van der Waals surface area contributed by atoms with E-state index >= 15 is 0 Å². The van der Waals surface area contributed by atoms with Crippen molar-refractivity contribution in [2.75, 3.05) is 13.2 Å². The summed E-state index contributed by atoms with van der Waals surface area (Å²) in [4.78, 5) is 17.3. The molecule has 2 heterocycles. The summed E-state index contributed by atoms with van der Waals surface area (Å²) in [5.41, 5.74) is 1.56.